The Kier molecular flexibility index (Phi) is 6.58. The maximum atomic E-state index is 13.0. The van der Waals surface area contributed by atoms with Gasteiger partial charge in [0.25, 0.3) is 11.8 Å². The number of halogens is 1. The third kappa shape index (κ3) is 4.69. The highest BCUT2D eigenvalue weighted by atomic mass is 35.5. The van der Waals surface area contributed by atoms with Crippen LogP contribution >= 0.6 is 11.6 Å². The first-order valence-corrected chi connectivity index (χ1v) is 10.9. The van der Waals surface area contributed by atoms with E-state index >= 15 is 0 Å². The van der Waals surface area contributed by atoms with Crippen molar-refractivity contribution in [3.63, 3.8) is 0 Å². The van der Waals surface area contributed by atoms with Gasteiger partial charge in [0.15, 0.2) is 0 Å². The van der Waals surface area contributed by atoms with E-state index in [-0.39, 0.29) is 18.4 Å². The first kappa shape index (κ1) is 22.0. The average Bonchev–Trinajstić information content (AvgIpc) is 3.45. The van der Waals surface area contributed by atoms with E-state index in [4.69, 9.17) is 16.3 Å². The standard InChI is InChI=1S/C24H25ClN4O3/c1-3-32-14-21(22-26-19-9-7-17(25)13-20(19)27-22)28-23(30)16-6-8-18(15(2)12-16)24(31)29-10-4-5-11-29/h4-9,12-13,21H,3,10-11,14H2,1-2H3,(H,26,27)(H,28,30)/t21-/m0/s1. The van der Waals surface area contributed by atoms with Crippen molar-refractivity contribution < 1.29 is 14.3 Å². The summed E-state index contributed by atoms with van der Waals surface area (Å²) in [5.74, 6) is 0.293. The van der Waals surface area contributed by atoms with E-state index in [0.29, 0.717) is 41.7 Å². The minimum Gasteiger partial charge on any atom is -0.379 e. The highest BCUT2D eigenvalue weighted by Crippen LogP contribution is 2.21. The number of hydrogen-bond donors (Lipinski definition) is 2. The van der Waals surface area contributed by atoms with Gasteiger partial charge in [-0.1, -0.05) is 23.8 Å². The average molecular weight is 453 g/mol. The second-order valence-electron chi connectivity index (χ2n) is 7.68. The summed E-state index contributed by atoms with van der Waals surface area (Å²) in [5, 5.41) is 3.60. The highest BCUT2D eigenvalue weighted by Gasteiger charge is 2.22. The largest absolute Gasteiger partial charge is 0.379 e. The number of fused-ring (bicyclic) bond motifs is 1. The lowest BCUT2D eigenvalue weighted by molar-refractivity contribution is 0.0797. The van der Waals surface area contributed by atoms with Gasteiger partial charge in [-0.25, -0.2) is 4.98 Å². The second-order valence-corrected chi connectivity index (χ2v) is 8.12. The molecule has 2 amide bonds. The van der Waals surface area contributed by atoms with E-state index in [1.54, 1.807) is 35.2 Å². The molecule has 3 aromatic rings. The molecule has 7 nitrogen and oxygen atoms in total. The van der Waals surface area contributed by atoms with E-state index in [1.807, 2.05) is 32.1 Å². The molecule has 0 saturated heterocycles. The van der Waals surface area contributed by atoms with Gasteiger partial charge in [0, 0.05) is 35.8 Å². The third-order valence-electron chi connectivity index (χ3n) is 5.41. The maximum Gasteiger partial charge on any atom is 0.254 e. The molecule has 1 aliphatic rings. The zero-order valence-electron chi connectivity index (χ0n) is 18.0. The first-order chi connectivity index (χ1) is 15.5. The van der Waals surface area contributed by atoms with Crippen LogP contribution in [0, 0.1) is 6.92 Å². The minimum atomic E-state index is -0.467. The lowest BCUT2D eigenvalue weighted by atomic mass is 10.0. The van der Waals surface area contributed by atoms with Gasteiger partial charge in [-0.15, -0.1) is 0 Å². The van der Waals surface area contributed by atoms with Crippen LogP contribution in [0.15, 0.2) is 48.6 Å². The van der Waals surface area contributed by atoms with Crippen LogP contribution in [-0.4, -0.2) is 53.0 Å². The zero-order valence-corrected chi connectivity index (χ0v) is 18.8. The van der Waals surface area contributed by atoms with Crippen LogP contribution in [0.5, 0.6) is 0 Å². The van der Waals surface area contributed by atoms with Gasteiger partial charge in [0.05, 0.1) is 17.6 Å². The summed E-state index contributed by atoms with van der Waals surface area (Å²) in [6.45, 7) is 5.75. The molecule has 2 heterocycles. The number of ether oxygens (including phenoxy) is 1. The number of H-pyrrole nitrogens is 1. The summed E-state index contributed by atoms with van der Waals surface area (Å²) in [6.07, 6.45) is 3.94. The van der Waals surface area contributed by atoms with Crippen LogP contribution in [0.1, 0.15) is 45.1 Å². The molecule has 8 heteroatoms. The van der Waals surface area contributed by atoms with Gasteiger partial charge >= 0.3 is 0 Å². The molecule has 4 rings (SSSR count). The lowest BCUT2D eigenvalue weighted by Crippen LogP contribution is -2.33. The summed E-state index contributed by atoms with van der Waals surface area (Å²) in [5.41, 5.74) is 3.38. The molecule has 1 aromatic heterocycles. The Balaban J connectivity index is 1.53. The van der Waals surface area contributed by atoms with Crippen molar-refractivity contribution in [3.05, 3.63) is 76.1 Å². The number of aromatic amines is 1. The number of amides is 2. The topological polar surface area (TPSA) is 87.3 Å². The summed E-state index contributed by atoms with van der Waals surface area (Å²) in [6, 6.07) is 10.1. The van der Waals surface area contributed by atoms with Crippen molar-refractivity contribution in [3.8, 4) is 0 Å². The van der Waals surface area contributed by atoms with Crippen molar-refractivity contribution in [2.24, 2.45) is 0 Å². The fourth-order valence-corrected chi connectivity index (χ4v) is 3.86. The number of nitrogens with zero attached hydrogens (tertiary/aromatic N) is 2. The fourth-order valence-electron chi connectivity index (χ4n) is 3.69. The molecule has 32 heavy (non-hydrogen) atoms. The molecule has 2 aromatic carbocycles. The number of carbonyl (C=O) groups excluding carboxylic acids is 2. The Morgan fingerprint density at radius 2 is 2.00 bits per heavy atom. The summed E-state index contributed by atoms with van der Waals surface area (Å²) < 4.78 is 5.58. The number of aryl methyl sites for hydroxylation is 1. The number of hydrogen-bond acceptors (Lipinski definition) is 4. The molecule has 2 N–H and O–H groups in total. The van der Waals surface area contributed by atoms with Crippen molar-refractivity contribution in [2.75, 3.05) is 26.3 Å². The summed E-state index contributed by atoms with van der Waals surface area (Å²) >= 11 is 6.07. The van der Waals surface area contributed by atoms with Crippen LogP contribution in [0.3, 0.4) is 0 Å². The van der Waals surface area contributed by atoms with Gasteiger partial charge in [-0.3, -0.25) is 9.59 Å². The molecule has 0 bridgehead atoms. The molecular formula is C24H25ClN4O3. The molecule has 166 valence electrons. The first-order valence-electron chi connectivity index (χ1n) is 10.5. The summed E-state index contributed by atoms with van der Waals surface area (Å²) in [7, 11) is 0. The van der Waals surface area contributed by atoms with Crippen molar-refractivity contribution in [1.29, 1.82) is 0 Å². The number of nitrogens with one attached hydrogen (secondary N) is 2. The predicted octanol–water partition coefficient (Wildman–Crippen LogP) is 4.04. The zero-order chi connectivity index (χ0) is 22.7. The Morgan fingerprint density at radius 3 is 2.72 bits per heavy atom. The Bertz CT molecular complexity index is 1180. The third-order valence-corrected chi connectivity index (χ3v) is 5.65. The second kappa shape index (κ2) is 9.54. The molecule has 0 radical (unpaired) electrons. The number of aromatic nitrogens is 2. The van der Waals surface area contributed by atoms with Gasteiger partial charge in [0.1, 0.15) is 11.9 Å². The van der Waals surface area contributed by atoms with Crippen LogP contribution in [0.2, 0.25) is 5.02 Å². The molecule has 1 atom stereocenters. The maximum absolute atomic E-state index is 13.0. The number of rotatable bonds is 7. The molecule has 0 saturated carbocycles. The van der Waals surface area contributed by atoms with E-state index < -0.39 is 6.04 Å². The van der Waals surface area contributed by atoms with E-state index in [2.05, 4.69) is 15.3 Å². The van der Waals surface area contributed by atoms with Gasteiger partial charge in [-0.2, -0.15) is 0 Å². The van der Waals surface area contributed by atoms with E-state index in [9.17, 15) is 9.59 Å². The molecule has 0 aliphatic carbocycles. The quantitative estimate of drug-likeness (QED) is 0.529. The van der Waals surface area contributed by atoms with Crippen LogP contribution in [0.25, 0.3) is 11.0 Å². The smallest absolute Gasteiger partial charge is 0.254 e. The number of imidazole rings is 1. The van der Waals surface area contributed by atoms with Crippen LogP contribution in [0.4, 0.5) is 0 Å². The van der Waals surface area contributed by atoms with Crippen LogP contribution < -0.4 is 5.32 Å². The van der Waals surface area contributed by atoms with Gasteiger partial charge < -0.3 is 19.9 Å². The Hall–Kier alpha value is -3.16. The molecule has 0 fully saturated rings. The van der Waals surface area contributed by atoms with Crippen molar-refractivity contribution >= 4 is 34.4 Å². The Labute approximate surface area is 191 Å². The van der Waals surface area contributed by atoms with E-state index in [0.717, 1.165) is 16.6 Å². The SMILES string of the molecule is CCOC[C@H](NC(=O)c1ccc(C(=O)N2CC=CC2)c(C)c1)c1nc2ccc(Cl)cc2[nH]1. The van der Waals surface area contributed by atoms with E-state index in [1.165, 1.54) is 0 Å². The van der Waals surface area contributed by atoms with Crippen molar-refractivity contribution in [1.82, 2.24) is 20.2 Å². The monoisotopic (exact) mass is 452 g/mol. The molecule has 0 spiro atoms. The van der Waals surface area contributed by atoms with Gasteiger partial charge in [0.2, 0.25) is 0 Å². The van der Waals surface area contributed by atoms with Crippen molar-refractivity contribution in [2.45, 2.75) is 19.9 Å². The molecule has 0 unspecified atom stereocenters. The number of benzene rings is 2. The minimum absolute atomic E-state index is 0.0328. The molecular weight excluding hydrogens is 428 g/mol. The predicted molar refractivity (Wildman–Crippen MR) is 124 cm³/mol. The number of carbonyl (C=O) groups is 2. The lowest BCUT2D eigenvalue weighted by Gasteiger charge is -2.18. The van der Waals surface area contributed by atoms with Gasteiger partial charge in [-0.05, 0) is 55.8 Å². The highest BCUT2D eigenvalue weighted by molar-refractivity contribution is 6.31. The van der Waals surface area contributed by atoms with Crippen LogP contribution in [-0.2, 0) is 4.74 Å². The summed E-state index contributed by atoms with van der Waals surface area (Å²) in [4.78, 5) is 35.3. The molecule has 1 aliphatic heterocycles. The Morgan fingerprint density at radius 1 is 1.22 bits per heavy atom. The fraction of sp³-hybridized carbons (Fsp3) is 0.292. The normalized spacial score (nSPS) is 14.2.